The molecule has 0 saturated carbocycles. The number of benzene rings is 1. The van der Waals surface area contributed by atoms with Gasteiger partial charge in [-0.05, 0) is 18.6 Å². The van der Waals surface area contributed by atoms with E-state index in [0.29, 0.717) is 5.39 Å². The fourth-order valence-electron chi connectivity index (χ4n) is 1.96. The highest BCUT2D eigenvalue weighted by Gasteiger charge is 2.23. The van der Waals surface area contributed by atoms with E-state index in [1.165, 1.54) is 12.4 Å². The van der Waals surface area contributed by atoms with Crippen LogP contribution in [0, 0.1) is 30.2 Å². The van der Waals surface area contributed by atoms with Gasteiger partial charge in [-0.25, -0.2) is 27.2 Å². The topological polar surface area (TPSA) is 30.7 Å². The van der Waals surface area contributed by atoms with Gasteiger partial charge >= 0.3 is 0 Å². The lowest BCUT2D eigenvalue weighted by atomic mass is 10.2. The molecule has 7 heteroatoms. The molecule has 0 spiro atoms. The first-order valence-electron chi connectivity index (χ1n) is 5.63. The Balaban J connectivity index is 2.40. The third kappa shape index (κ3) is 1.66. The summed E-state index contributed by atoms with van der Waals surface area (Å²) in [5.74, 6) is -6.01. The molecule has 3 aromatic rings. The first-order chi connectivity index (χ1) is 9.50. The Hall–Kier alpha value is -2.44. The second-order valence-corrected chi connectivity index (χ2v) is 4.24. The maximum Gasteiger partial charge on any atom is 0.187 e. The van der Waals surface area contributed by atoms with Crippen molar-refractivity contribution >= 4 is 11.0 Å². The molecular formula is C13H7F4N3. The predicted octanol–water partition coefficient (Wildman–Crippen LogP) is 3.29. The fourth-order valence-corrected chi connectivity index (χ4v) is 1.96. The minimum Gasteiger partial charge on any atom is -0.237 e. The van der Waals surface area contributed by atoms with Gasteiger partial charge in [0.15, 0.2) is 28.9 Å². The summed E-state index contributed by atoms with van der Waals surface area (Å²) >= 11 is 0. The van der Waals surface area contributed by atoms with Crippen molar-refractivity contribution in [3.05, 3.63) is 53.4 Å². The number of hydrogen-bond acceptors (Lipinski definition) is 2. The predicted molar refractivity (Wildman–Crippen MR) is 63.4 cm³/mol. The lowest BCUT2D eigenvalue weighted by Crippen LogP contribution is -2.08. The zero-order valence-electron chi connectivity index (χ0n) is 10.2. The Morgan fingerprint density at radius 2 is 1.70 bits per heavy atom. The minimum absolute atomic E-state index is 0.118. The molecule has 102 valence electrons. The first kappa shape index (κ1) is 12.6. The van der Waals surface area contributed by atoms with Crippen molar-refractivity contribution in [2.24, 2.45) is 0 Å². The van der Waals surface area contributed by atoms with Crippen LogP contribution in [0.5, 0.6) is 0 Å². The molecule has 0 aliphatic heterocycles. The van der Waals surface area contributed by atoms with Crippen molar-refractivity contribution in [2.75, 3.05) is 0 Å². The lowest BCUT2D eigenvalue weighted by molar-refractivity contribution is 0.445. The van der Waals surface area contributed by atoms with Gasteiger partial charge in [0.25, 0.3) is 0 Å². The van der Waals surface area contributed by atoms with E-state index < -0.39 is 29.0 Å². The van der Waals surface area contributed by atoms with Gasteiger partial charge in [0.05, 0.1) is 6.20 Å². The van der Waals surface area contributed by atoms with Crippen molar-refractivity contribution < 1.29 is 17.6 Å². The Bertz CT molecular complexity index is 800. The number of hydrogen-bond donors (Lipinski definition) is 0. The molecule has 0 bridgehead atoms. The third-order valence-electron chi connectivity index (χ3n) is 2.99. The normalized spacial score (nSPS) is 11.2. The summed E-state index contributed by atoms with van der Waals surface area (Å²) < 4.78 is 54.8. The molecule has 0 aliphatic carbocycles. The van der Waals surface area contributed by atoms with Crippen molar-refractivity contribution in [3.63, 3.8) is 0 Å². The van der Waals surface area contributed by atoms with Crippen LogP contribution in [-0.2, 0) is 0 Å². The van der Waals surface area contributed by atoms with E-state index in [-0.39, 0.29) is 11.7 Å². The quantitative estimate of drug-likeness (QED) is 0.506. The third-order valence-corrected chi connectivity index (χ3v) is 2.99. The maximum absolute atomic E-state index is 13.8. The van der Waals surface area contributed by atoms with E-state index in [4.69, 9.17) is 0 Å². The Morgan fingerprint density at radius 1 is 1.05 bits per heavy atom. The highest BCUT2D eigenvalue weighted by Crippen LogP contribution is 2.26. The number of rotatable bonds is 1. The van der Waals surface area contributed by atoms with Crippen molar-refractivity contribution in [2.45, 2.75) is 6.92 Å². The fraction of sp³-hybridized carbons (Fsp3) is 0.0769. The molecule has 0 unspecified atom stereocenters. The molecule has 3 nitrogen and oxygen atoms in total. The molecule has 0 fully saturated rings. The van der Waals surface area contributed by atoms with Crippen LogP contribution in [0.4, 0.5) is 17.6 Å². The molecule has 0 radical (unpaired) electrons. The van der Waals surface area contributed by atoms with Crippen molar-refractivity contribution in [1.29, 1.82) is 0 Å². The van der Waals surface area contributed by atoms with Gasteiger partial charge in [-0.1, -0.05) is 0 Å². The smallest absolute Gasteiger partial charge is 0.187 e. The summed E-state index contributed by atoms with van der Waals surface area (Å²) in [7, 11) is 0. The number of nitrogens with zero attached hydrogens (tertiary/aromatic N) is 3. The van der Waals surface area contributed by atoms with E-state index in [2.05, 4.69) is 10.1 Å². The highest BCUT2D eigenvalue weighted by molar-refractivity contribution is 5.79. The summed E-state index contributed by atoms with van der Waals surface area (Å²) in [4.78, 5) is 3.94. The number of halogens is 4. The molecule has 1 aromatic carbocycles. The van der Waals surface area contributed by atoms with Crippen molar-refractivity contribution in [1.82, 2.24) is 14.8 Å². The van der Waals surface area contributed by atoms with Crippen LogP contribution in [0.2, 0.25) is 0 Å². The van der Waals surface area contributed by atoms with Gasteiger partial charge in [-0.15, -0.1) is 0 Å². The summed E-state index contributed by atoms with van der Waals surface area (Å²) in [6.45, 7) is 1.76. The lowest BCUT2D eigenvalue weighted by Gasteiger charge is -2.07. The zero-order chi connectivity index (χ0) is 14.4. The summed E-state index contributed by atoms with van der Waals surface area (Å²) in [5.41, 5.74) is -0.0256. The molecule has 0 N–H and O–H groups in total. The number of pyridine rings is 1. The SMILES string of the molecule is Cc1ccnc2c1cnn2-c1c(F)c(F)cc(F)c1F. The summed E-state index contributed by atoms with van der Waals surface area (Å²) in [6.07, 6.45) is 2.75. The van der Waals surface area contributed by atoms with Crippen LogP contribution in [0.1, 0.15) is 5.56 Å². The molecule has 20 heavy (non-hydrogen) atoms. The molecule has 2 heterocycles. The van der Waals surface area contributed by atoms with E-state index in [1.54, 1.807) is 13.0 Å². The number of aryl methyl sites for hydroxylation is 1. The zero-order valence-corrected chi connectivity index (χ0v) is 10.2. The molecular weight excluding hydrogens is 274 g/mol. The number of aromatic nitrogens is 3. The van der Waals surface area contributed by atoms with E-state index in [9.17, 15) is 17.6 Å². The second kappa shape index (κ2) is 4.29. The second-order valence-electron chi connectivity index (χ2n) is 4.24. The maximum atomic E-state index is 13.8. The number of fused-ring (bicyclic) bond motifs is 1. The molecule has 0 atom stereocenters. The van der Waals surface area contributed by atoms with Gasteiger partial charge in [-0.3, -0.25) is 0 Å². The molecule has 0 amide bonds. The minimum atomic E-state index is -1.52. The first-order valence-corrected chi connectivity index (χ1v) is 5.63. The van der Waals surface area contributed by atoms with E-state index >= 15 is 0 Å². The average Bonchev–Trinajstić information content (AvgIpc) is 2.83. The van der Waals surface area contributed by atoms with Crippen LogP contribution in [0.15, 0.2) is 24.5 Å². The van der Waals surface area contributed by atoms with Crippen molar-refractivity contribution in [3.8, 4) is 5.69 Å². The van der Waals surface area contributed by atoms with Gasteiger partial charge in [-0.2, -0.15) is 5.10 Å². The van der Waals surface area contributed by atoms with E-state index in [1.807, 2.05) is 0 Å². The van der Waals surface area contributed by atoms with Gasteiger partial charge in [0, 0.05) is 17.6 Å². The van der Waals surface area contributed by atoms with Gasteiger partial charge < -0.3 is 0 Å². The van der Waals surface area contributed by atoms with Gasteiger partial charge in [0.2, 0.25) is 0 Å². The largest absolute Gasteiger partial charge is 0.237 e. The van der Waals surface area contributed by atoms with Crippen LogP contribution in [-0.4, -0.2) is 14.8 Å². The molecule has 2 aromatic heterocycles. The molecule has 0 saturated heterocycles. The van der Waals surface area contributed by atoms with Crippen LogP contribution >= 0.6 is 0 Å². The van der Waals surface area contributed by atoms with Gasteiger partial charge in [0.1, 0.15) is 5.69 Å². The average molecular weight is 281 g/mol. The van der Waals surface area contributed by atoms with Crippen LogP contribution in [0.25, 0.3) is 16.7 Å². The highest BCUT2D eigenvalue weighted by atomic mass is 19.2. The Kier molecular flexibility index (Phi) is 2.70. The molecule has 0 aliphatic rings. The van der Waals surface area contributed by atoms with Crippen LogP contribution < -0.4 is 0 Å². The standard InChI is InChI=1S/C13H7F4N3/c1-6-2-3-18-13-7(6)5-19-20(13)12-10(16)8(14)4-9(15)11(12)17/h2-5H,1H3. The molecule has 3 rings (SSSR count). The monoisotopic (exact) mass is 281 g/mol. The summed E-state index contributed by atoms with van der Waals surface area (Å²) in [5, 5.41) is 4.31. The van der Waals surface area contributed by atoms with Crippen LogP contribution in [0.3, 0.4) is 0 Å². The Labute approximate surface area is 110 Å². The summed E-state index contributed by atoms with van der Waals surface area (Å²) in [6, 6.07) is 1.84. The van der Waals surface area contributed by atoms with E-state index in [0.717, 1.165) is 10.2 Å². The Morgan fingerprint density at radius 3 is 2.35 bits per heavy atom.